The standard InChI is InChI=1S/C15H28N4O/c1-10(2)8-7-9-11(3)16-13(20)12-17-14(19-18-12)15(4,5)6/h10-11H,7-9H2,1-6H3,(H,16,20)(H,17,18,19). The zero-order valence-electron chi connectivity index (χ0n) is 13.6. The summed E-state index contributed by atoms with van der Waals surface area (Å²) in [5.41, 5.74) is -0.131. The van der Waals surface area contributed by atoms with Crippen molar-refractivity contribution in [3.05, 3.63) is 11.6 Å². The molecule has 1 heterocycles. The molecule has 0 saturated heterocycles. The topological polar surface area (TPSA) is 70.7 Å². The van der Waals surface area contributed by atoms with Crippen LogP contribution in [0.5, 0.6) is 0 Å². The minimum Gasteiger partial charge on any atom is -0.347 e. The maximum Gasteiger partial charge on any atom is 0.291 e. The van der Waals surface area contributed by atoms with Crippen LogP contribution in [-0.2, 0) is 5.41 Å². The monoisotopic (exact) mass is 280 g/mol. The van der Waals surface area contributed by atoms with Crippen LogP contribution < -0.4 is 5.32 Å². The minimum atomic E-state index is -0.200. The Morgan fingerprint density at radius 3 is 2.40 bits per heavy atom. The van der Waals surface area contributed by atoms with Crippen LogP contribution in [0, 0.1) is 5.92 Å². The van der Waals surface area contributed by atoms with E-state index in [-0.39, 0.29) is 23.2 Å². The van der Waals surface area contributed by atoms with Crippen LogP contribution in [0.3, 0.4) is 0 Å². The third-order valence-corrected chi connectivity index (χ3v) is 3.20. The van der Waals surface area contributed by atoms with E-state index in [9.17, 15) is 4.79 Å². The summed E-state index contributed by atoms with van der Waals surface area (Å²) in [6.45, 7) is 12.5. The molecule has 0 fully saturated rings. The Morgan fingerprint density at radius 1 is 1.25 bits per heavy atom. The number of rotatable bonds is 6. The van der Waals surface area contributed by atoms with Gasteiger partial charge in [0.05, 0.1) is 0 Å². The van der Waals surface area contributed by atoms with Crippen molar-refractivity contribution in [3.8, 4) is 0 Å². The molecular formula is C15H28N4O. The first-order valence-corrected chi connectivity index (χ1v) is 7.44. The van der Waals surface area contributed by atoms with Crippen molar-refractivity contribution < 1.29 is 4.79 Å². The predicted octanol–water partition coefficient (Wildman–Crippen LogP) is 3.05. The van der Waals surface area contributed by atoms with Crippen molar-refractivity contribution in [2.45, 2.75) is 72.3 Å². The smallest absolute Gasteiger partial charge is 0.291 e. The van der Waals surface area contributed by atoms with Gasteiger partial charge in [-0.15, -0.1) is 5.10 Å². The molecule has 1 amide bonds. The van der Waals surface area contributed by atoms with E-state index < -0.39 is 0 Å². The molecule has 0 aliphatic carbocycles. The van der Waals surface area contributed by atoms with Crippen molar-refractivity contribution in [1.82, 2.24) is 20.5 Å². The molecule has 2 N–H and O–H groups in total. The van der Waals surface area contributed by atoms with Gasteiger partial charge in [0.2, 0.25) is 5.82 Å². The highest BCUT2D eigenvalue weighted by atomic mass is 16.2. The van der Waals surface area contributed by atoms with Gasteiger partial charge < -0.3 is 5.32 Å². The van der Waals surface area contributed by atoms with E-state index in [4.69, 9.17) is 0 Å². The molecule has 1 unspecified atom stereocenters. The average molecular weight is 280 g/mol. The Morgan fingerprint density at radius 2 is 1.90 bits per heavy atom. The molecule has 0 radical (unpaired) electrons. The van der Waals surface area contributed by atoms with E-state index in [1.54, 1.807) is 0 Å². The number of carbonyl (C=O) groups is 1. The first kappa shape index (κ1) is 16.7. The van der Waals surface area contributed by atoms with Gasteiger partial charge >= 0.3 is 0 Å². The Labute approximate surface area is 122 Å². The summed E-state index contributed by atoms with van der Waals surface area (Å²) in [6.07, 6.45) is 3.30. The minimum absolute atomic E-state index is 0.131. The van der Waals surface area contributed by atoms with Gasteiger partial charge in [-0.25, -0.2) is 4.98 Å². The zero-order chi connectivity index (χ0) is 15.3. The fourth-order valence-electron chi connectivity index (χ4n) is 1.89. The zero-order valence-corrected chi connectivity index (χ0v) is 13.6. The second-order valence-corrected chi connectivity index (χ2v) is 6.96. The number of H-pyrrole nitrogens is 1. The first-order chi connectivity index (χ1) is 9.20. The summed E-state index contributed by atoms with van der Waals surface area (Å²) in [6, 6.07) is 0.151. The number of nitrogens with one attached hydrogen (secondary N) is 2. The van der Waals surface area contributed by atoms with Gasteiger partial charge in [-0.1, -0.05) is 47.5 Å². The number of nitrogens with zero attached hydrogens (tertiary/aromatic N) is 2. The summed E-state index contributed by atoms with van der Waals surface area (Å²) in [5, 5.41) is 9.78. The molecule has 1 aromatic heterocycles. The maximum atomic E-state index is 12.0. The van der Waals surface area contributed by atoms with Gasteiger partial charge in [-0.3, -0.25) is 9.89 Å². The van der Waals surface area contributed by atoms with Gasteiger partial charge in [0.15, 0.2) is 0 Å². The maximum absolute atomic E-state index is 12.0. The number of hydrogen-bond acceptors (Lipinski definition) is 3. The van der Waals surface area contributed by atoms with Gasteiger partial charge in [-0.2, -0.15) is 0 Å². The summed E-state index contributed by atoms with van der Waals surface area (Å²) in [7, 11) is 0. The largest absolute Gasteiger partial charge is 0.347 e. The Hall–Kier alpha value is -1.39. The van der Waals surface area contributed by atoms with Crippen LogP contribution in [0.2, 0.25) is 0 Å². The van der Waals surface area contributed by atoms with Gasteiger partial charge in [0, 0.05) is 11.5 Å². The van der Waals surface area contributed by atoms with E-state index >= 15 is 0 Å². The van der Waals surface area contributed by atoms with Gasteiger partial charge in [0.25, 0.3) is 5.91 Å². The molecule has 114 valence electrons. The molecule has 0 aliphatic heterocycles. The molecule has 1 aromatic rings. The Bertz CT molecular complexity index is 431. The lowest BCUT2D eigenvalue weighted by Gasteiger charge is -2.14. The van der Waals surface area contributed by atoms with Crippen molar-refractivity contribution in [2.75, 3.05) is 0 Å². The number of carbonyl (C=O) groups excluding carboxylic acids is 1. The third-order valence-electron chi connectivity index (χ3n) is 3.20. The molecule has 1 atom stereocenters. The third kappa shape index (κ3) is 5.31. The quantitative estimate of drug-likeness (QED) is 0.841. The van der Waals surface area contributed by atoms with Crippen LogP contribution in [0.1, 0.15) is 77.2 Å². The van der Waals surface area contributed by atoms with Crippen LogP contribution in [0.25, 0.3) is 0 Å². The van der Waals surface area contributed by atoms with Crippen LogP contribution in [0.4, 0.5) is 0 Å². The normalized spacial score (nSPS) is 13.6. The number of aromatic nitrogens is 3. The fourth-order valence-corrected chi connectivity index (χ4v) is 1.89. The van der Waals surface area contributed by atoms with Crippen LogP contribution in [0.15, 0.2) is 0 Å². The van der Waals surface area contributed by atoms with Gasteiger partial charge in [-0.05, 0) is 19.3 Å². The van der Waals surface area contributed by atoms with E-state index in [0.29, 0.717) is 5.92 Å². The summed E-state index contributed by atoms with van der Waals surface area (Å²) in [4.78, 5) is 16.3. The summed E-state index contributed by atoms with van der Waals surface area (Å²) >= 11 is 0. The molecule has 0 saturated carbocycles. The molecule has 1 rings (SSSR count). The van der Waals surface area contributed by atoms with E-state index in [1.807, 2.05) is 27.7 Å². The number of amides is 1. The molecule has 0 aromatic carbocycles. The molecule has 5 heteroatoms. The van der Waals surface area contributed by atoms with E-state index in [0.717, 1.165) is 18.7 Å². The van der Waals surface area contributed by atoms with Crippen molar-refractivity contribution in [2.24, 2.45) is 5.92 Å². The Kier molecular flexibility index (Phi) is 5.72. The SMILES string of the molecule is CC(C)CCCC(C)NC(=O)c1n[nH]c(C(C)(C)C)n1. The van der Waals surface area contributed by atoms with E-state index in [2.05, 4.69) is 34.3 Å². The summed E-state index contributed by atoms with van der Waals surface area (Å²) < 4.78 is 0. The fraction of sp³-hybridized carbons (Fsp3) is 0.800. The van der Waals surface area contributed by atoms with Crippen molar-refractivity contribution in [1.29, 1.82) is 0 Å². The highest BCUT2D eigenvalue weighted by molar-refractivity contribution is 5.90. The first-order valence-electron chi connectivity index (χ1n) is 7.44. The second kappa shape index (κ2) is 6.86. The highest BCUT2D eigenvalue weighted by Gasteiger charge is 2.21. The lowest BCUT2D eigenvalue weighted by molar-refractivity contribution is 0.0927. The van der Waals surface area contributed by atoms with Crippen molar-refractivity contribution >= 4 is 5.91 Å². The Balaban J connectivity index is 2.48. The molecule has 5 nitrogen and oxygen atoms in total. The predicted molar refractivity (Wildman–Crippen MR) is 80.7 cm³/mol. The lowest BCUT2D eigenvalue weighted by Crippen LogP contribution is -2.33. The average Bonchev–Trinajstić information content (AvgIpc) is 2.76. The lowest BCUT2D eigenvalue weighted by atomic mass is 9.96. The van der Waals surface area contributed by atoms with Gasteiger partial charge in [0.1, 0.15) is 5.82 Å². The molecular weight excluding hydrogens is 252 g/mol. The van der Waals surface area contributed by atoms with Crippen molar-refractivity contribution in [3.63, 3.8) is 0 Å². The summed E-state index contributed by atoms with van der Waals surface area (Å²) in [5.74, 6) is 1.47. The highest BCUT2D eigenvalue weighted by Crippen LogP contribution is 2.17. The second-order valence-electron chi connectivity index (χ2n) is 6.96. The van der Waals surface area contributed by atoms with E-state index in [1.165, 1.54) is 6.42 Å². The number of aromatic amines is 1. The molecule has 20 heavy (non-hydrogen) atoms. The molecule has 0 bridgehead atoms. The van der Waals surface area contributed by atoms with Crippen LogP contribution >= 0.6 is 0 Å². The molecule has 0 spiro atoms. The molecule has 0 aliphatic rings. The number of hydrogen-bond donors (Lipinski definition) is 2. The van der Waals surface area contributed by atoms with Crippen LogP contribution in [-0.4, -0.2) is 27.1 Å².